The summed E-state index contributed by atoms with van der Waals surface area (Å²) in [5.41, 5.74) is 2.94. The van der Waals surface area contributed by atoms with Gasteiger partial charge in [0.1, 0.15) is 0 Å². The number of hydrogen-bond acceptors (Lipinski definition) is 1. The van der Waals surface area contributed by atoms with E-state index in [2.05, 4.69) is 13.0 Å². The highest BCUT2D eigenvalue weighted by molar-refractivity contribution is 6.31. The minimum Gasteiger partial charge on any atom is -0.618 e. The van der Waals surface area contributed by atoms with Gasteiger partial charge in [0, 0.05) is 28.5 Å². The van der Waals surface area contributed by atoms with Crippen LogP contribution in [-0.2, 0) is 12.8 Å². The lowest BCUT2D eigenvalue weighted by atomic mass is 9.83. The van der Waals surface area contributed by atoms with Gasteiger partial charge >= 0.3 is 0 Å². The Hall–Kier alpha value is -1.28. The van der Waals surface area contributed by atoms with E-state index < -0.39 is 0 Å². The molecule has 0 amide bonds. The first-order valence-electron chi connectivity index (χ1n) is 8.02. The van der Waals surface area contributed by atoms with Gasteiger partial charge in [-0.15, -0.1) is 0 Å². The summed E-state index contributed by atoms with van der Waals surface area (Å²) >= 11 is 6.04. The van der Waals surface area contributed by atoms with Gasteiger partial charge in [-0.2, -0.15) is 4.73 Å². The van der Waals surface area contributed by atoms with Crippen molar-refractivity contribution in [3.05, 3.63) is 45.8 Å². The number of pyridine rings is 1. The maximum absolute atomic E-state index is 12.6. The summed E-state index contributed by atoms with van der Waals surface area (Å²) in [5, 5.41) is 14.3. The Kier molecular flexibility index (Phi) is 4.34. The van der Waals surface area contributed by atoms with Crippen LogP contribution in [0.1, 0.15) is 50.3 Å². The highest BCUT2D eigenvalue weighted by Crippen LogP contribution is 2.29. The average molecular weight is 304 g/mol. The van der Waals surface area contributed by atoms with Crippen LogP contribution >= 0.6 is 11.6 Å². The molecular formula is C18H22ClNO. The van der Waals surface area contributed by atoms with Gasteiger partial charge < -0.3 is 5.21 Å². The topological polar surface area (TPSA) is 26.9 Å². The predicted molar refractivity (Wildman–Crippen MR) is 87.6 cm³/mol. The van der Waals surface area contributed by atoms with E-state index in [0.717, 1.165) is 34.2 Å². The van der Waals surface area contributed by atoms with Crippen LogP contribution in [0.25, 0.3) is 10.9 Å². The molecule has 1 atom stereocenters. The number of benzene rings is 1. The van der Waals surface area contributed by atoms with Crippen molar-refractivity contribution in [2.24, 2.45) is 5.92 Å². The molecular weight excluding hydrogens is 282 g/mol. The van der Waals surface area contributed by atoms with Crippen LogP contribution in [0.2, 0.25) is 5.02 Å². The molecule has 0 radical (unpaired) electrons. The zero-order valence-electron chi connectivity index (χ0n) is 12.6. The van der Waals surface area contributed by atoms with Crippen molar-refractivity contribution in [2.75, 3.05) is 0 Å². The van der Waals surface area contributed by atoms with Crippen molar-refractivity contribution in [3.8, 4) is 0 Å². The fraction of sp³-hybridized carbons (Fsp3) is 0.500. The molecule has 0 bridgehead atoms. The van der Waals surface area contributed by atoms with Crippen molar-refractivity contribution in [1.29, 1.82) is 0 Å². The maximum Gasteiger partial charge on any atom is 0.224 e. The molecule has 1 aliphatic carbocycles. The minimum absolute atomic E-state index is 0.675. The zero-order valence-corrected chi connectivity index (χ0v) is 13.3. The van der Waals surface area contributed by atoms with Gasteiger partial charge in [0.25, 0.3) is 0 Å². The van der Waals surface area contributed by atoms with E-state index in [4.69, 9.17) is 11.6 Å². The summed E-state index contributed by atoms with van der Waals surface area (Å²) in [5.74, 6) is 0.675. The molecule has 0 aliphatic heterocycles. The molecule has 1 heterocycles. The Balaban J connectivity index is 1.89. The first kappa shape index (κ1) is 14.6. The fourth-order valence-electron chi connectivity index (χ4n) is 3.47. The lowest BCUT2D eigenvalue weighted by Gasteiger charge is -2.24. The quantitative estimate of drug-likeness (QED) is 0.452. The maximum atomic E-state index is 12.6. The normalized spacial score (nSPS) is 17.9. The second-order valence-corrected chi connectivity index (χ2v) is 6.65. The summed E-state index contributed by atoms with van der Waals surface area (Å²) in [6.07, 6.45) is 8.28. The van der Waals surface area contributed by atoms with Crippen LogP contribution < -0.4 is 4.73 Å². The van der Waals surface area contributed by atoms with Crippen LogP contribution in [0, 0.1) is 11.1 Å². The molecule has 112 valence electrons. The third-order valence-electron chi connectivity index (χ3n) is 4.67. The van der Waals surface area contributed by atoms with Crippen molar-refractivity contribution >= 4 is 22.5 Å². The molecule has 0 N–H and O–H groups in total. The van der Waals surface area contributed by atoms with E-state index in [0.29, 0.717) is 10.9 Å². The Bertz CT molecular complexity index is 653. The molecule has 3 rings (SSSR count). The van der Waals surface area contributed by atoms with E-state index in [-0.39, 0.29) is 0 Å². The molecule has 21 heavy (non-hydrogen) atoms. The molecule has 1 aromatic carbocycles. The summed E-state index contributed by atoms with van der Waals surface area (Å²) < 4.78 is 1.15. The zero-order chi connectivity index (χ0) is 14.8. The SMILES string of the molecule is CCCCCC1CCc2cc3cc(Cl)ccc3[n+]([O-])c2C1. The summed E-state index contributed by atoms with van der Waals surface area (Å²) in [4.78, 5) is 0. The van der Waals surface area contributed by atoms with Gasteiger partial charge in [0.05, 0.1) is 0 Å². The predicted octanol–water partition coefficient (Wildman–Crippen LogP) is 4.81. The molecule has 0 spiro atoms. The third-order valence-corrected chi connectivity index (χ3v) is 4.91. The molecule has 0 saturated heterocycles. The Morgan fingerprint density at radius 1 is 1.29 bits per heavy atom. The van der Waals surface area contributed by atoms with Gasteiger partial charge in [-0.25, -0.2) is 0 Å². The fourth-order valence-corrected chi connectivity index (χ4v) is 3.65. The number of fused-ring (bicyclic) bond motifs is 2. The first-order chi connectivity index (χ1) is 10.2. The van der Waals surface area contributed by atoms with E-state index in [1.165, 1.54) is 37.7 Å². The highest BCUT2D eigenvalue weighted by atomic mass is 35.5. The van der Waals surface area contributed by atoms with Crippen molar-refractivity contribution in [1.82, 2.24) is 0 Å². The summed E-state index contributed by atoms with van der Waals surface area (Å²) in [7, 11) is 0. The van der Waals surface area contributed by atoms with Crippen molar-refractivity contribution in [2.45, 2.75) is 51.9 Å². The molecule has 2 aromatic rings. The number of unbranched alkanes of at least 4 members (excludes halogenated alkanes) is 2. The van der Waals surface area contributed by atoms with E-state index in [1.807, 2.05) is 12.1 Å². The molecule has 0 fully saturated rings. The Labute approximate surface area is 131 Å². The summed E-state index contributed by atoms with van der Waals surface area (Å²) in [6, 6.07) is 7.68. The molecule has 0 saturated carbocycles. The lowest BCUT2D eigenvalue weighted by Crippen LogP contribution is -2.37. The Morgan fingerprint density at radius 2 is 2.14 bits per heavy atom. The number of aromatic nitrogens is 1. The Morgan fingerprint density at radius 3 is 2.95 bits per heavy atom. The third kappa shape index (κ3) is 3.01. The number of rotatable bonds is 4. The van der Waals surface area contributed by atoms with Crippen molar-refractivity contribution < 1.29 is 4.73 Å². The van der Waals surface area contributed by atoms with Gasteiger partial charge in [-0.1, -0.05) is 37.8 Å². The van der Waals surface area contributed by atoms with E-state index in [9.17, 15) is 5.21 Å². The number of hydrogen-bond donors (Lipinski definition) is 0. The number of halogens is 1. The molecule has 1 unspecified atom stereocenters. The molecule has 1 aliphatic rings. The van der Waals surface area contributed by atoms with E-state index in [1.54, 1.807) is 6.07 Å². The lowest BCUT2D eigenvalue weighted by molar-refractivity contribution is -0.587. The van der Waals surface area contributed by atoms with Crippen LogP contribution in [0.5, 0.6) is 0 Å². The van der Waals surface area contributed by atoms with Gasteiger partial charge in [-0.3, -0.25) is 0 Å². The smallest absolute Gasteiger partial charge is 0.224 e. The number of nitrogens with zero attached hydrogens (tertiary/aromatic N) is 1. The van der Waals surface area contributed by atoms with Crippen LogP contribution in [0.3, 0.4) is 0 Å². The second kappa shape index (κ2) is 6.23. The van der Waals surface area contributed by atoms with Crippen LogP contribution in [-0.4, -0.2) is 0 Å². The second-order valence-electron chi connectivity index (χ2n) is 6.22. The monoisotopic (exact) mass is 303 g/mol. The van der Waals surface area contributed by atoms with E-state index >= 15 is 0 Å². The molecule has 3 heteroatoms. The van der Waals surface area contributed by atoms with Crippen molar-refractivity contribution in [3.63, 3.8) is 0 Å². The number of aryl methyl sites for hydroxylation is 1. The van der Waals surface area contributed by atoms with Gasteiger partial charge in [-0.05, 0) is 43.4 Å². The molecule has 2 nitrogen and oxygen atoms in total. The standard InChI is InChI=1S/C18H22ClNO/c1-2-3-4-5-13-6-7-14-11-15-12-16(19)8-9-17(15)20(21)18(14)10-13/h8-9,11-13H,2-7,10H2,1H3. The largest absolute Gasteiger partial charge is 0.618 e. The van der Waals surface area contributed by atoms with Crippen LogP contribution in [0.4, 0.5) is 0 Å². The first-order valence-corrected chi connectivity index (χ1v) is 8.40. The minimum atomic E-state index is 0.675. The van der Waals surface area contributed by atoms with Gasteiger partial charge in [0.2, 0.25) is 5.52 Å². The average Bonchev–Trinajstić information content (AvgIpc) is 2.48. The highest BCUT2D eigenvalue weighted by Gasteiger charge is 2.26. The van der Waals surface area contributed by atoms with Crippen LogP contribution in [0.15, 0.2) is 24.3 Å². The molecule has 1 aromatic heterocycles. The van der Waals surface area contributed by atoms with Gasteiger partial charge in [0.15, 0.2) is 5.69 Å². The summed E-state index contributed by atoms with van der Waals surface area (Å²) in [6.45, 7) is 2.24.